The van der Waals surface area contributed by atoms with Crippen molar-refractivity contribution in [3.63, 3.8) is 0 Å². The van der Waals surface area contributed by atoms with E-state index in [0.717, 1.165) is 0 Å². The van der Waals surface area contributed by atoms with Crippen LogP contribution >= 0.6 is 0 Å². The first-order valence-electron chi connectivity index (χ1n) is 7.03. The molecule has 22 heavy (non-hydrogen) atoms. The minimum atomic E-state index is -4.66. The fourth-order valence-electron chi connectivity index (χ4n) is 2.74. The van der Waals surface area contributed by atoms with E-state index in [-0.39, 0.29) is 17.8 Å². The second-order valence-electron chi connectivity index (χ2n) is 5.38. The molecule has 1 aromatic rings. The molecule has 0 aromatic carbocycles. The van der Waals surface area contributed by atoms with E-state index in [2.05, 4.69) is 9.97 Å². The second-order valence-corrected chi connectivity index (χ2v) is 5.38. The highest BCUT2D eigenvalue weighted by molar-refractivity contribution is 5.33. The van der Waals surface area contributed by atoms with Crippen LogP contribution in [0, 0.1) is 0 Å². The van der Waals surface area contributed by atoms with Crippen LogP contribution in [0.2, 0.25) is 0 Å². The van der Waals surface area contributed by atoms with Crippen LogP contribution in [0.3, 0.4) is 0 Å². The molecule has 122 valence electrons. The van der Waals surface area contributed by atoms with Crippen LogP contribution in [0.1, 0.15) is 31.5 Å². The number of ether oxygens (including phenoxy) is 3. The zero-order chi connectivity index (χ0) is 15.8. The number of halogens is 3. The fraction of sp³-hybridized carbons (Fsp3) is 0.692. The number of anilines is 1. The summed E-state index contributed by atoms with van der Waals surface area (Å²) in [6, 6.07) is 1.20. The third-order valence-corrected chi connectivity index (χ3v) is 3.77. The van der Waals surface area contributed by atoms with Crippen molar-refractivity contribution in [2.75, 3.05) is 18.9 Å². The summed E-state index contributed by atoms with van der Waals surface area (Å²) in [4.78, 5) is 6.56. The molecule has 1 aliphatic heterocycles. The van der Waals surface area contributed by atoms with Crippen molar-refractivity contribution in [3.05, 3.63) is 11.9 Å². The first kappa shape index (κ1) is 15.3. The third-order valence-electron chi connectivity index (χ3n) is 3.77. The molecular weight excluding hydrogens is 303 g/mol. The van der Waals surface area contributed by atoms with E-state index < -0.39 is 17.8 Å². The summed E-state index contributed by atoms with van der Waals surface area (Å²) in [5.74, 6) is -2.26. The van der Waals surface area contributed by atoms with Gasteiger partial charge in [0.2, 0.25) is 11.7 Å². The van der Waals surface area contributed by atoms with Gasteiger partial charge in [-0.05, 0) is 12.8 Å². The summed E-state index contributed by atoms with van der Waals surface area (Å²) in [6.07, 6.45) is -2.38. The molecule has 0 bridgehead atoms. The van der Waals surface area contributed by atoms with E-state index >= 15 is 0 Å². The molecule has 1 saturated carbocycles. The van der Waals surface area contributed by atoms with Crippen LogP contribution < -0.4 is 10.5 Å². The Morgan fingerprint density at radius 3 is 2.41 bits per heavy atom. The van der Waals surface area contributed by atoms with Crippen LogP contribution in [0.5, 0.6) is 5.88 Å². The fourth-order valence-corrected chi connectivity index (χ4v) is 2.74. The van der Waals surface area contributed by atoms with Gasteiger partial charge in [-0.15, -0.1) is 0 Å². The normalized spacial score (nSPS) is 22.1. The highest BCUT2D eigenvalue weighted by atomic mass is 19.4. The smallest absolute Gasteiger partial charge is 0.451 e. The molecule has 2 aliphatic rings. The Balaban J connectivity index is 1.65. The van der Waals surface area contributed by atoms with Gasteiger partial charge in [0.25, 0.3) is 0 Å². The van der Waals surface area contributed by atoms with Crippen molar-refractivity contribution in [3.8, 4) is 5.88 Å². The number of rotatable bonds is 2. The van der Waals surface area contributed by atoms with Gasteiger partial charge in [0.15, 0.2) is 5.79 Å². The quantitative estimate of drug-likeness (QED) is 0.900. The summed E-state index contributed by atoms with van der Waals surface area (Å²) in [7, 11) is 0. The lowest BCUT2D eigenvalue weighted by atomic mass is 9.92. The topological polar surface area (TPSA) is 79.5 Å². The number of nitrogens with two attached hydrogens (primary N) is 1. The van der Waals surface area contributed by atoms with E-state index in [1.54, 1.807) is 0 Å². The second kappa shape index (κ2) is 5.54. The monoisotopic (exact) mass is 319 g/mol. The van der Waals surface area contributed by atoms with Crippen molar-refractivity contribution in [1.29, 1.82) is 0 Å². The van der Waals surface area contributed by atoms with Crippen molar-refractivity contribution in [2.24, 2.45) is 0 Å². The maximum atomic E-state index is 12.7. The summed E-state index contributed by atoms with van der Waals surface area (Å²) >= 11 is 0. The van der Waals surface area contributed by atoms with Crippen LogP contribution in [-0.4, -0.2) is 35.1 Å². The Labute approximate surface area is 124 Å². The summed E-state index contributed by atoms with van der Waals surface area (Å²) in [5.41, 5.74) is 5.38. The van der Waals surface area contributed by atoms with Gasteiger partial charge in [0, 0.05) is 18.9 Å². The molecule has 2 fully saturated rings. The van der Waals surface area contributed by atoms with Crippen molar-refractivity contribution >= 4 is 5.82 Å². The number of aromatic nitrogens is 2. The van der Waals surface area contributed by atoms with E-state index in [4.69, 9.17) is 19.9 Å². The van der Waals surface area contributed by atoms with Gasteiger partial charge in [-0.25, -0.2) is 4.98 Å². The first-order chi connectivity index (χ1) is 10.4. The zero-order valence-corrected chi connectivity index (χ0v) is 11.7. The number of nitrogen functional groups attached to an aromatic ring is 1. The minimum absolute atomic E-state index is 0.158. The lowest BCUT2D eigenvalue weighted by Gasteiger charge is -2.35. The van der Waals surface area contributed by atoms with Crippen LogP contribution in [0.15, 0.2) is 6.07 Å². The van der Waals surface area contributed by atoms with Crippen molar-refractivity contribution < 1.29 is 27.4 Å². The lowest BCUT2D eigenvalue weighted by Crippen LogP contribution is -2.38. The molecule has 1 saturated heterocycles. The van der Waals surface area contributed by atoms with E-state index in [9.17, 15) is 13.2 Å². The Morgan fingerprint density at radius 1 is 1.18 bits per heavy atom. The maximum Gasteiger partial charge on any atom is 0.451 e. The van der Waals surface area contributed by atoms with Gasteiger partial charge in [-0.3, -0.25) is 0 Å². The highest BCUT2D eigenvalue weighted by Gasteiger charge is 2.41. The first-order valence-corrected chi connectivity index (χ1v) is 7.03. The number of hydrogen-bond donors (Lipinski definition) is 1. The molecule has 1 aliphatic carbocycles. The number of alkyl halides is 3. The summed E-state index contributed by atoms with van der Waals surface area (Å²) in [5, 5.41) is 0. The molecule has 2 N–H and O–H groups in total. The Kier molecular flexibility index (Phi) is 3.85. The van der Waals surface area contributed by atoms with Gasteiger partial charge < -0.3 is 19.9 Å². The van der Waals surface area contributed by atoms with Crippen molar-refractivity contribution in [1.82, 2.24) is 9.97 Å². The van der Waals surface area contributed by atoms with Crippen LogP contribution in [0.25, 0.3) is 0 Å². The molecular formula is C13H16F3N3O3. The van der Waals surface area contributed by atoms with Gasteiger partial charge in [-0.2, -0.15) is 18.2 Å². The largest absolute Gasteiger partial charge is 0.474 e. The van der Waals surface area contributed by atoms with Gasteiger partial charge >= 0.3 is 6.18 Å². The SMILES string of the molecule is Nc1cc(OC2CCC3(CC2)OCCO3)nc(C(F)(F)F)n1. The predicted octanol–water partition coefficient (Wildman–Crippen LogP) is 2.14. The summed E-state index contributed by atoms with van der Waals surface area (Å²) < 4.78 is 54.7. The predicted molar refractivity (Wildman–Crippen MR) is 69.0 cm³/mol. The molecule has 3 rings (SSSR count). The molecule has 9 heteroatoms. The number of hydrogen-bond acceptors (Lipinski definition) is 6. The third kappa shape index (κ3) is 3.25. The Hall–Kier alpha value is -1.61. The van der Waals surface area contributed by atoms with Gasteiger partial charge in [0.1, 0.15) is 11.9 Å². The maximum absolute atomic E-state index is 12.7. The molecule has 0 radical (unpaired) electrons. The molecule has 2 heterocycles. The zero-order valence-electron chi connectivity index (χ0n) is 11.7. The average molecular weight is 319 g/mol. The Bertz CT molecular complexity index is 537. The molecule has 0 amide bonds. The molecule has 0 atom stereocenters. The Morgan fingerprint density at radius 2 is 1.82 bits per heavy atom. The standard InChI is InChI=1S/C13H16F3N3O3/c14-13(15,16)11-18-9(17)7-10(19-11)22-8-1-3-12(4-2-8)20-5-6-21-12/h7-8H,1-6H2,(H2,17,18,19). The van der Waals surface area contributed by atoms with E-state index in [1.165, 1.54) is 6.07 Å². The average Bonchev–Trinajstić information content (AvgIpc) is 2.89. The summed E-state index contributed by atoms with van der Waals surface area (Å²) in [6.45, 7) is 1.14. The van der Waals surface area contributed by atoms with Crippen LogP contribution in [0.4, 0.5) is 19.0 Å². The van der Waals surface area contributed by atoms with E-state index in [0.29, 0.717) is 38.9 Å². The highest BCUT2D eigenvalue weighted by Crippen LogP contribution is 2.37. The molecule has 1 aromatic heterocycles. The van der Waals surface area contributed by atoms with Gasteiger partial charge in [-0.1, -0.05) is 0 Å². The van der Waals surface area contributed by atoms with E-state index in [1.807, 2.05) is 0 Å². The number of nitrogens with zero attached hydrogens (tertiary/aromatic N) is 2. The molecule has 6 nitrogen and oxygen atoms in total. The van der Waals surface area contributed by atoms with Crippen LogP contribution in [-0.2, 0) is 15.7 Å². The lowest BCUT2D eigenvalue weighted by molar-refractivity contribution is -0.186. The van der Waals surface area contributed by atoms with Crippen molar-refractivity contribution in [2.45, 2.75) is 43.8 Å². The molecule has 0 unspecified atom stereocenters. The van der Waals surface area contributed by atoms with Gasteiger partial charge in [0.05, 0.1) is 13.2 Å². The minimum Gasteiger partial charge on any atom is -0.474 e. The molecule has 1 spiro atoms.